The molecule has 17 heavy (non-hydrogen) atoms. The molecule has 2 N–H and O–H groups in total. The Morgan fingerprint density at radius 2 is 2.24 bits per heavy atom. The molecule has 0 aromatic carbocycles. The van der Waals surface area contributed by atoms with Crippen LogP contribution in [0.3, 0.4) is 0 Å². The summed E-state index contributed by atoms with van der Waals surface area (Å²) in [5, 5.41) is 4.42. The summed E-state index contributed by atoms with van der Waals surface area (Å²) in [6.07, 6.45) is 6.58. The van der Waals surface area contributed by atoms with E-state index in [1.165, 1.54) is 37.7 Å². The van der Waals surface area contributed by atoms with Crippen molar-refractivity contribution in [2.75, 3.05) is 20.1 Å². The summed E-state index contributed by atoms with van der Waals surface area (Å²) in [6, 6.07) is 2.95. The van der Waals surface area contributed by atoms with Crippen LogP contribution >= 0.6 is 11.3 Å². The molecule has 1 heterocycles. The lowest BCUT2D eigenvalue weighted by atomic mass is 9.83. The second-order valence-corrected chi connectivity index (χ2v) is 5.99. The highest BCUT2D eigenvalue weighted by Crippen LogP contribution is 2.27. The smallest absolute Gasteiger partial charge is 0.0133 e. The minimum absolute atomic E-state index is 0.715. The van der Waals surface area contributed by atoms with E-state index in [0.29, 0.717) is 6.04 Å². The van der Waals surface area contributed by atoms with Crippen LogP contribution in [0.1, 0.15) is 31.2 Å². The van der Waals surface area contributed by atoms with E-state index in [9.17, 15) is 0 Å². The van der Waals surface area contributed by atoms with Crippen molar-refractivity contribution in [3.05, 3.63) is 22.4 Å². The maximum absolute atomic E-state index is 5.90. The van der Waals surface area contributed by atoms with Crippen LogP contribution in [0.15, 0.2) is 16.8 Å². The van der Waals surface area contributed by atoms with E-state index in [2.05, 4.69) is 28.8 Å². The molecule has 1 aromatic heterocycles. The van der Waals surface area contributed by atoms with Crippen molar-refractivity contribution in [3.63, 3.8) is 0 Å². The lowest BCUT2D eigenvalue weighted by Gasteiger charge is -2.37. The summed E-state index contributed by atoms with van der Waals surface area (Å²) in [4.78, 5) is 2.54. The third-order valence-electron chi connectivity index (χ3n) is 4.07. The van der Waals surface area contributed by atoms with Crippen LogP contribution in [-0.4, -0.2) is 31.1 Å². The highest BCUT2D eigenvalue weighted by atomic mass is 32.1. The average Bonchev–Trinajstić information content (AvgIpc) is 2.89. The summed E-state index contributed by atoms with van der Waals surface area (Å²) in [6.45, 7) is 2.02. The van der Waals surface area contributed by atoms with Crippen LogP contribution in [0, 0.1) is 5.92 Å². The van der Waals surface area contributed by atoms with E-state index in [0.717, 1.165) is 19.0 Å². The molecule has 0 bridgehead atoms. The van der Waals surface area contributed by atoms with Gasteiger partial charge in [0.25, 0.3) is 0 Å². The minimum Gasteiger partial charge on any atom is -0.330 e. The molecule has 0 aliphatic heterocycles. The first-order valence-electron chi connectivity index (χ1n) is 6.72. The van der Waals surface area contributed by atoms with Crippen LogP contribution in [0.4, 0.5) is 0 Å². The molecule has 1 fully saturated rings. The van der Waals surface area contributed by atoms with Gasteiger partial charge < -0.3 is 10.6 Å². The molecular formula is C14H24N2S. The van der Waals surface area contributed by atoms with Gasteiger partial charge in [0.05, 0.1) is 0 Å². The molecular weight excluding hydrogens is 228 g/mol. The van der Waals surface area contributed by atoms with Gasteiger partial charge in [-0.05, 0) is 61.2 Å². The molecule has 1 aliphatic rings. The van der Waals surface area contributed by atoms with Crippen LogP contribution in [0.5, 0.6) is 0 Å². The molecule has 2 atom stereocenters. The fourth-order valence-corrected chi connectivity index (χ4v) is 3.65. The highest BCUT2D eigenvalue weighted by Gasteiger charge is 2.26. The molecule has 2 nitrogen and oxygen atoms in total. The molecule has 0 radical (unpaired) electrons. The number of likely N-dealkylation sites (N-methyl/N-ethyl adjacent to an activating group) is 1. The molecule has 96 valence electrons. The first kappa shape index (κ1) is 13.1. The maximum Gasteiger partial charge on any atom is 0.0133 e. The molecule has 2 rings (SSSR count). The topological polar surface area (TPSA) is 29.3 Å². The van der Waals surface area contributed by atoms with Gasteiger partial charge in [0.15, 0.2) is 0 Å². The Hall–Kier alpha value is -0.380. The van der Waals surface area contributed by atoms with Crippen molar-refractivity contribution in [1.29, 1.82) is 0 Å². The normalized spacial score (nSPS) is 25.4. The lowest BCUT2D eigenvalue weighted by molar-refractivity contribution is 0.135. The fraction of sp³-hybridized carbons (Fsp3) is 0.714. The van der Waals surface area contributed by atoms with E-state index in [-0.39, 0.29) is 0 Å². The molecule has 1 aliphatic carbocycles. The Kier molecular flexibility index (Phi) is 5.01. The number of nitrogens with two attached hydrogens (primary N) is 1. The number of rotatable bonds is 5. The SMILES string of the molecule is CN(CCc1ccsc1)C1CCCCC1CN. The zero-order valence-electron chi connectivity index (χ0n) is 10.8. The summed E-state index contributed by atoms with van der Waals surface area (Å²) in [5.74, 6) is 0.719. The van der Waals surface area contributed by atoms with E-state index in [1.807, 2.05) is 0 Å². The lowest BCUT2D eigenvalue weighted by Crippen LogP contribution is -2.43. The molecule has 2 unspecified atom stereocenters. The van der Waals surface area contributed by atoms with Gasteiger partial charge in [0.1, 0.15) is 0 Å². The van der Waals surface area contributed by atoms with Crippen LogP contribution in [-0.2, 0) is 6.42 Å². The largest absolute Gasteiger partial charge is 0.330 e. The first-order valence-corrected chi connectivity index (χ1v) is 7.67. The number of thiophene rings is 1. The van der Waals surface area contributed by atoms with Gasteiger partial charge in [0, 0.05) is 12.6 Å². The van der Waals surface area contributed by atoms with Crippen molar-refractivity contribution >= 4 is 11.3 Å². The van der Waals surface area contributed by atoms with Gasteiger partial charge in [-0.25, -0.2) is 0 Å². The summed E-state index contributed by atoms with van der Waals surface area (Å²) < 4.78 is 0. The monoisotopic (exact) mass is 252 g/mol. The first-order chi connectivity index (χ1) is 8.31. The zero-order valence-corrected chi connectivity index (χ0v) is 11.6. The standard InChI is InChI=1S/C14H24N2S/c1-16(8-6-12-7-9-17-11-12)14-5-3-2-4-13(14)10-15/h7,9,11,13-14H,2-6,8,10,15H2,1H3. The molecule has 1 saturated carbocycles. The quantitative estimate of drug-likeness (QED) is 0.873. The third kappa shape index (κ3) is 3.54. The number of hydrogen-bond acceptors (Lipinski definition) is 3. The van der Waals surface area contributed by atoms with Gasteiger partial charge >= 0.3 is 0 Å². The summed E-state index contributed by atoms with van der Waals surface area (Å²) in [7, 11) is 2.27. The van der Waals surface area contributed by atoms with E-state index < -0.39 is 0 Å². The second-order valence-electron chi connectivity index (χ2n) is 5.21. The fourth-order valence-electron chi connectivity index (χ4n) is 2.95. The van der Waals surface area contributed by atoms with E-state index in [4.69, 9.17) is 5.73 Å². The Balaban J connectivity index is 1.83. The zero-order chi connectivity index (χ0) is 12.1. The number of hydrogen-bond donors (Lipinski definition) is 1. The highest BCUT2D eigenvalue weighted by molar-refractivity contribution is 7.07. The predicted molar refractivity (Wildman–Crippen MR) is 75.5 cm³/mol. The van der Waals surface area contributed by atoms with Crippen molar-refractivity contribution in [2.45, 2.75) is 38.1 Å². The van der Waals surface area contributed by atoms with Crippen molar-refractivity contribution in [1.82, 2.24) is 4.90 Å². The van der Waals surface area contributed by atoms with Crippen LogP contribution < -0.4 is 5.73 Å². The molecule has 0 spiro atoms. The van der Waals surface area contributed by atoms with Gasteiger partial charge in [-0.2, -0.15) is 11.3 Å². The van der Waals surface area contributed by atoms with Gasteiger partial charge in [-0.15, -0.1) is 0 Å². The van der Waals surface area contributed by atoms with Crippen LogP contribution in [0.2, 0.25) is 0 Å². The number of nitrogens with zero attached hydrogens (tertiary/aromatic N) is 1. The molecule has 3 heteroatoms. The molecule has 1 aromatic rings. The van der Waals surface area contributed by atoms with E-state index >= 15 is 0 Å². The third-order valence-corrected chi connectivity index (χ3v) is 4.80. The average molecular weight is 252 g/mol. The van der Waals surface area contributed by atoms with Gasteiger partial charge in [-0.1, -0.05) is 12.8 Å². The van der Waals surface area contributed by atoms with Gasteiger partial charge in [-0.3, -0.25) is 0 Å². The maximum atomic E-state index is 5.90. The predicted octanol–water partition coefficient (Wildman–Crippen LogP) is 2.74. The Morgan fingerprint density at radius 3 is 2.94 bits per heavy atom. The van der Waals surface area contributed by atoms with Crippen LogP contribution in [0.25, 0.3) is 0 Å². The summed E-state index contributed by atoms with van der Waals surface area (Å²) in [5.41, 5.74) is 7.37. The van der Waals surface area contributed by atoms with Crippen molar-refractivity contribution in [3.8, 4) is 0 Å². The van der Waals surface area contributed by atoms with Crippen molar-refractivity contribution in [2.24, 2.45) is 11.7 Å². The van der Waals surface area contributed by atoms with Crippen molar-refractivity contribution < 1.29 is 0 Å². The molecule has 0 amide bonds. The Bertz CT molecular complexity index is 310. The second kappa shape index (κ2) is 6.53. The van der Waals surface area contributed by atoms with E-state index in [1.54, 1.807) is 11.3 Å². The van der Waals surface area contributed by atoms with Gasteiger partial charge in [0.2, 0.25) is 0 Å². The molecule has 0 saturated heterocycles. The summed E-state index contributed by atoms with van der Waals surface area (Å²) >= 11 is 1.79. The Labute approximate surface area is 109 Å². The Morgan fingerprint density at radius 1 is 1.41 bits per heavy atom. The minimum atomic E-state index is 0.715.